The quantitative estimate of drug-likeness (QED) is 0.641. The Balaban J connectivity index is 1.84. The van der Waals surface area contributed by atoms with Gasteiger partial charge < -0.3 is 25.2 Å². The lowest BCUT2D eigenvalue weighted by atomic mass is 10.0. The Hall–Kier alpha value is -2.54. The molecule has 1 aromatic carbocycles. The minimum Gasteiger partial charge on any atom is -0.454 e. The second kappa shape index (κ2) is 7.64. The molecule has 1 aliphatic rings. The van der Waals surface area contributed by atoms with Crippen LogP contribution in [0.4, 0.5) is 0 Å². The molecule has 0 saturated carbocycles. The second-order valence-corrected chi connectivity index (χ2v) is 5.16. The van der Waals surface area contributed by atoms with Gasteiger partial charge in [0.2, 0.25) is 18.6 Å². The van der Waals surface area contributed by atoms with E-state index in [4.69, 9.17) is 9.47 Å². The third kappa shape index (κ3) is 4.46. The fourth-order valence-corrected chi connectivity index (χ4v) is 2.16. The van der Waals surface area contributed by atoms with E-state index in [0.29, 0.717) is 17.1 Å². The summed E-state index contributed by atoms with van der Waals surface area (Å²) in [5.41, 5.74) is 0.627. The first kappa shape index (κ1) is 16.8. The van der Waals surface area contributed by atoms with E-state index in [2.05, 4.69) is 17.2 Å². The molecule has 0 unspecified atom stereocenters. The summed E-state index contributed by atoms with van der Waals surface area (Å²) in [6.07, 6.45) is 0.387. The minimum atomic E-state index is -0.879. The van der Waals surface area contributed by atoms with Crippen molar-refractivity contribution in [3.05, 3.63) is 36.4 Å². The normalized spacial score (nSPS) is 14.7. The molecule has 0 bridgehead atoms. The Bertz CT molecular complexity index is 602. The van der Waals surface area contributed by atoms with Crippen LogP contribution in [0.2, 0.25) is 0 Å². The van der Waals surface area contributed by atoms with Gasteiger partial charge >= 0.3 is 0 Å². The van der Waals surface area contributed by atoms with E-state index in [1.807, 2.05) is 0 Å². The van der Waals surface area contributed by atoms with Crippen LogP contribution in [0.3, 0.4) is 0 Å². The number of amides is 2. The monoisotopic (exact) mass is 320 g/mol. The molecule has 7 nitrogen and oxygen atoms in total. The van der Waals surface area contributed by atoms with Crippen molar-refractivity contribution in [2.45, 2.75) is 25.5 Å². The van der Waals surface area contributed by atoms with Gasteiger partial charge in [0.15, 0.2) is 11.5 Å². The first-order chi connectivity index (χ1) is 11.0. The molecule has 3 N–H and O–H groups in total. The number of rotatable bonds is 7. The number of carbonyl (C=O) groups excluding carboxylic acids is 2. The lowest BCUT2D eigenvalue weighted by molar-refractivity contribution is -0.122. The van der Waals surface area contributed by atoms with Gasteiger partial charge in [-0.1, -0.05) is 12.6 Å². The summed E-state index contributed by atoms with van der Waals surface area (Å²) in [7, 11) is 0. The van der Waals surface area contributed by atoms with Crippen molar-refractivity contribution in [3.63, 3.8) is 0 Å². The number of aliphatic hydroxyl groups is 1. The summed E-state index contributed by atoms with van der Waals surface area (Å²) >= 11 is 0. The van der Waals surface area contributed by atoms with E-state index in [1.165, 1.54) is 0 Å². The van der Waals surface area contributed by atoms with E-state index in [-0.39, 0.29) is 31.6 Å². The number of benzene rings is 1. The predicted octanol–water partition coefficient (Wildman–Crippen LogP) is 0.646. The smallest absolute Gasteiger partial charge is 0.243 e. The fraction of sp³-hybridized carbons (Fsp3) is 0.375. The number of ether oxygens (including phenoxy) is 2. The molecule has 2 atom stereocenters. The maximum absolute atomic E-state index is 11.8. The van der Waals surface area contributed by atoms with Gasteiger partial charge in [0.25, 0.3) is 0 Å². The standard InChI is InChI=1S/C16H20N2O5/c1-3-14(19)17-7-6-15(20)18-10(2)16(21)11-4-5-12-13(8-11)23-9-22-12/h3-5,8,10,16,21H,1,6-7,9H2,2H3,(H,17,19)(H,18,20)/t10-,16-/m0/s1. The fourth-order valence-electron chi connectivity index (χ4n) is 2.16. The highest BCUT2D eigenvalue weighted by Gasteiger charge is 2.21. The molecule has 0 spiro atoms. The van der Waals surface area contributed by atoms with Crippen molar-refractivity contribution in [3.8, 4) is 11.5 Å². The summed E-state index contributed by atoms with van der Waals surface area (Å²) in [5, 5.41) is 15.5. The molecule has 1 heterocycles. The third-order valence-corrected chi connectivity index (χ3v) is 3.44. The molecular weight excluding hydrogens is 300 g/mol. The number of fused-ring (bicyclic) bond motifs is 1. The van der Waals surface area contributed by atoms with Gasteiger partial charge in [-0.15, -0.1) is 0 Å². The van der Waals surface area contributed by atoms with Crippen LogP contribution in [-0.2, 0) is 9.59 Å². The van der Waals surface area contributed by atoms with E-state index >= 15 is 0 Å². The van der Waals surface area contributed by atoms with Crippen LogP contribution in [0.5, 0.6) is 11.5 Å². The first-order valence-electron chi connectivity index (χ1n) is 7.28. The molecule has 23 heavy (non-hydrogen) atoms. The highest BCUT2D eigenvalue weighted by atomic mass is 16.7. The number of aliphatic hydroxyl groups excluding tert-OH is 1. The zero-order chi connectivity index (χ0) is 16.8. The SMILES string of the molecule is C=CC(=O)NCCC(=O)N[C@@H](C)[C@H](O)c1ccc2c(c1)OCO2. The van der Waals surface area contributed by atoms with Gasteiger partial charge in [0, 0.05) is 13.0 Å². The summed E-state index contributed by atoms with van der Waals surface area (Å²) in [4.78, 5) is 22.8. The molecule has 0 aromatic heterocycles. The van der Waals surface area contributed by atoms with Gasteiger partial charge in [-0.05, 0) is 30.7 Å². The predicted molar refractivity (Wildman–Crippen MR) is 83.0 cm³/mol. The van der Waals surface area contributed by atoms with E-state index in [9.17, 15) is 14.7 Å². The molecule has 2 rings (SSSR count). The Morgan fingerprint density at radius 3 is 2.87 bits per heavy atom. The number of hydrogen-bond acceptors (Lipinski definition) is 5. The van der Waals surface area contributed by atoms with Crippen LogP contribution in [0.1, 0.15) is 25.0 Å². The average Bonchev–Trinajstić information content (AvgIpc) is 3.01. The largest absolute Gasteiger partial charge is 0.454 e. The average molecular weight is 320 g/mol. The Kier molecular flexibility index (Phi) is 5.59. The minimum absolute atomic E-state index is 0.123. The van der Waals surface area contributed by atoms with Crippen molar-refractivity contribution in [2.75, 3.05) is 13.3 Å². The lowest BCUT2D eigenvalue weighted by Crippen LogP contribution is -2.38. The number of carbonyl (C=O) groups is 2. The van der Waals surface area contributed by atoms with E-state index < -0.39 is 12.1 Å². The van der Waals surface area contributed by atoms with Crippen molar-refractivity contribution >= 4 is 11.8 Å². The molecule has 0 saturated heterocycles. The molecule has 1 aliphatic heterocycles. The summed E-state index contributed by atoms with van der Waals surface area (Å²) in [6, 6.07) is 4.66. The highest BCUT2D eigenvalue weighted by molar-refractivity contribution is 5.87. The third-order valence-electron chi connectivity index (χ3n) is 3.44. The lowest BCUT2D eigenvalue weighted by Gasteiger charge is -2.21. The molecule has 124 valence electrons. The second-order valence-electron chi connectivity index (χ2n) is 5.16. The summed E-state index contributed by atoms with van der Waals surface area (Å²) in [5.74, 6) is 0.621. The zero-order valence-corrected chi connectivity index (χ0v) is 12.9. The van der Waals surface area contributed by atoms with E-state index in [0.717, 1.165) is 6.08 Å². The molecule has 0 aliphatic carbocycles. The van der Waals surface area contributed by atoms with Gasteiger partial charge in [0.05, 0.1) is 12.1 Å². The van der Waals surface area contributed by atoms with Crippen LogP contribution in [0.25, 0.3) is 0 Å². The van der Waals surface area contributed by atoms with Crippen LogP contribution in [0, 0.1) is 0 Å². The van der Waals surface area contributed by atoms with Crippen molar-refractivity contribution < 1.29 is 24.2 Å². The molecule has 0 fully saturated rings. The topological polar surface area (TPSA) is 96.9 Å². The first-order valence-corrected chi connectivity index (χ1v) is 7.28. The maximum Gasteiger partial charge on any atom is 0.243 e. The maximum atomic E-state index is 11.8. The van der Waals surface area contributed by atoms with Crippen LogP contribution in [-0.4, -0.2) is 36.3 Å². The van der Waals surface area contributed by atoms with Crippen molar-refractivity contribution in [1.82, 2.24) is 10.6 Å². The van der Waals surface area contributed by atoms with Crippen molar-refractivity contribution in [2.24, 2.45) is 0 Å². The van der Waals surface area contributed by atoms with E-state index in [1.54, 1.807) is 25.1 Å². The Morgan fingerprint density at radius 1 is 1.39 bits per heavy atom. The zero-order valence-electron chi connectivity index (χ0n) is 12.9. The van der Waals surface area contributed by atoms with Gasteiger partial charge in [-0.3, -0.25) is 9.59 Å². The number of hydrogen-bond donors (Lipinski definition) is 3. The summed E-state index contributed by atoms with van der Waals surface area (Å²) in [6.45, 7) is 5.40. The molecule has 2 amide bonds. The van der Waals surface area contributed by atoms with Crippen LogP contribution < -0.4 is 20.1 Å². The molecule has 7 heteroatoms. The van der Waals surface area contributed by atoms with Gasteiger partial charge in [0.1, 0.15) is 0 Å². The van der Waals surface area contributed by atoms with Crippen molar-refractivity contribution in [1.29, 1.82) is 0 Å². The summed E-state index contributed by atoms with van der Waals surface area (Å²) < 4.78 is 10.5. The Morgan fingerprint density at radius 2 is 2.13 bits per heavy atom. The van der Waals surface area contributed by atoms with Crippen LogP contribution in [0.15, 0.2) is 30.9 Å². The molecule has 0 radical (unpaired) electrons. The molecule has 1 aromatic rings. The highest BCUT2D eigenvalue weighted by Crippen LogP contribution is 2.34. The Labute approximate surface area is 134 Å². The number of nitrogens with one attached hydrogen (secondary N) is 2. The van der Waals surface area contributed by atoms with Gasteiger partial charge in [-0.2, -0.15) is 0 Å². The van der Waals surface area contributed by atoms with Crippen LogP contribution >= 0.6 is 0 Å². The van der Waals surface area contributed by atoms with Gasteiger partial charge in [-0.25, -0.2) is 0 Å². The molecular formula is C16H20N2O5.